The Morgan fingerprint density at radius 2 is 1.31 bits per heavy atom. The normalized spacial score (nSPS) is 14.1. The van der Waals surface area contributed by atoms with Gasteiger partial charge in [-0.2, -0.15) is 0 Å². The number of ether oxygens (including phenoxy) is 1. The zero-order valence-electron chi connectivity index (χ0n) is 29.5. The number of para-hydroxylation sites is 2. The first kappa shape index (κ1) is 31.9. The Morgan fingerprint density at radius 3 is 2.15 bits per heavy atom. The minimum Gasteiger partial charge on any atom is -0.452 e. The number of thiophene rings is 1. The quantitative estimate of drug-likeness (QED) is 0.175. The largest absolute Gasteiger partial charge is 0.452 e. The topological polar surface area (TPSA) is 46.0 Å². The van der Waals surface area contributed by atoms with Crippen LogP contribution in [-0.2, 0) is 0 Å². The molecule has 0 aliphatic carbocycles. The van der Waals surface area contributed by atoms with Crippen LogP contribution in [0.1, 0.15) is 11.1 Å². The van der Waals surface area contributed by atoms with Gasteiger partial charge in [0.25, 0.3) is 0 Å². The number of hydrogen-bond donors (Lipinski definition) is 1. The summed E-state index contributed by atoms with van der Waals surface area (Å²) in [6.45, 7) is 4.08. The number of anilines is 1. The van der Waals surface area contributed by atoms with E-state index in [2.05, 4.69) is 157 Å². The summed E-state index contributed by atoms with van der Waals surface area (Å²) in [4.78, 5) is 10.4. The number of rotatable bonds is 6. The predicted molar refractivity (Wildman–Crippen MR) is 231 cm³/mol. The van der Waals surface area contributed by atoms with Gasteiger partial charge in [-0.1, -0.05) is 127 Å². The van der Waals surface area contributed by atoms with Crippen LogP contribution in [0, 0.1) is 0 Å². The summed E-state index contributed by atoms with van der Waals surface area (Å²) in [6, 6.07) is 57.4. The number of nitrogens with one attached hydrogen (secondary N) is 1. The van der Waals surface area contributed by atoms with Crippen molar-refractivity contribution in [1.29, 1.82) is 0 Å². The first-order valence-electron chi connectivity index (χ1n) is 18.0. The first-order valence-corrected chi connectivity index (χ1v) is 18.8. The molecular formula is C49H33N3OS. The monoisotopic (exact) mass is 711 g/mol. The molecular weight excluding hydrogens is 679 g/mol. The smallest absolute Gasteiger partial charge is 0.179 e. The molecule has 4 nitrogen and oxygen atoms in total. The van der Waals surface area contributed by atoms with Gasteiger partial charge in [-0.15, -0.1) is 11.3 Å². The van der Waals surface area contributed by atoms with Crippen LogP contribution in [0.5, 0.6) is 5.75 Å². The fourth-order valence-corrected chi connectivity index (χ4v) is 9.06. The Labute approximate surface area is 317 Å². The number of hydrogen-bond acceptors (Lipinski definition) is 5. The van der Waals surface area contributed by atoms with Gasteiger partial charge < -0.3 is 10.1 Å². The molecule has 0 saturated carbocycles. The minimum absolute atomic E-state index is 0.585. The van der Waals surface area contributed by atoms with Gasteiger partial charge in [0.15, 0.2) is 5.76 Å². The van der Waals surface area contributed by atoms with E-state index in [0.29, 0.717) is 11.5 Å². The summed E-state index contributed by atoms with van der Waals surface area (Å²) < 4.78 is 9.09. The zero-order chi connectivity index (χ0) is 36.2. The Hall–Kier alpha value is -6.82. The molecule has 1 N–H and O–H groups in total. The molecule has 1 aliphatic rings. The molecule has 0 amide bonds. The summed E-state index contributed by atoms with van der Waals surface area (Å²) in [5.74, 6) is 1.33. The second kappa shape index (κ2) is 13.0. The van der Waals surface area contributed by atoms with Crippen molar-refractivity contribution >= 4 is 82.6 Å². The molecule has 1 aliphatic heterocycles. The van der Waals surface area contributed by atoms with Crippen molar-refractivity contribution in [3.63, 3.8) is 0 Å². The van der Waals surface area contributed by atoms with Crippen LogP contribution >= 0.6 is 11.3 Å². The predicted octanol–water partition coefficient (Wildman–Crippen LogP) is 13.3. The molecule has 54 heavy (non-hydrogen) atoms. The highest BCUT2D eigenvalue weighted by atomic mass is 32.1. The van der Waals surface area contributed by atoms with E-state index in [1.807, 2.05) is 31.3 Å². The molecule has 2 heterocycles. The van der Waals surface area contributed by atoms with E-state index in [9.17, 15) is 0 Å². The third-order valence-corrected chi connectivity index (χ3v) is 11.5. The SMILES string of the molecule is C=N/C(=C1/Oc2ccccc2C1=Nc1c(-c2ccccc2NC)c2ccccc2c2c1sc1ccccc12)c1ccc2cc(-c3ccccc3)ccc2c1. The Bertz CT molecular complexity index is 3030. The van der Waals surface area contributed by atoms with Crippen LogP contribution in [0.2, 0.25) is 0 Å². The zero-order valence-corrected chi connectivity index (χ0v) is 30.3. The summed E-state index contributed by atoms with van der Waals surface area (Å²) in [5.41, 5.74) is 9.64. The lowest BCUT2D eigenvalue weighted by molar-refractivity contribution is 0.470. The van der Waals surface area contributed by atoms with E-state index in [1.165, 1.54) is 32.0 Å². The number of allylic oxidation sites excluding steroid dienone is 1. The van der Waals surface area contributed by atoms with Crippen molar-refractivity contribution in [2.75, 3.05) is 12.4 Å². The fourth-order valence-electron chi connectivity index (χ4n) is 7.85. The molecule has 0 saturated heterocycles. The highest BCUT2D eigenvalue weighted by Gasteiger charge is 2.31. The third-order valence-electron chi connectivity index (χ3n) is 10.4. The molecule has 0 radical (unpaired) electrons. The fraction of sp³-hybridized carbons (Fsp3) is 0.0204. The van der Waals surface area contributed by atoms with Crippen molar-refractivity contribution in [1.82, 2.24) is 0 Å². The Morgan fingerprint density at radius 1 is 0.630 bits per heavy atom. The molecule has 256 valence electrons. The maximum absolute atomic E-state index is 6.74. The average molecular weight is 712 g/mol. The lowest BCUT2D eigenvalue weighted by Crippen LogP contribution is -2.05. The van der Waals surface area contributed by atoms with Gasteiger partial charge >= 0.3 is 0 Å². The molecule has 0 spiro atoms. The van der Waals surface area contributed by atoms with Crippen LogP contribution in [0.15, 0.2) is 180 Å². The standard InChI is InChI=1S/C49H33N3OS/c1-50-40-21-11-8-18-37(40)43-35-16-6-7-17-36(35)44-39-20-10-13-23-42(39)54-49(44)47(43)52-46-38-19-9-12-22-41(38)53-48(46)45(51-2)34-27-26-32-28-31(24-25-33(32)29-34)30-14-4-3-5-15-30/h3-29,50H,2H2,1H3/b48-45+,52-46?. The molecule has 8 aromatic carbocycles. The highest BCUT2D eigenvalue weighted by molar-refractivity contribution is 7.26. The highest BCUT2D eigenvalue weighted by Crippen LogP contribution is 2.52. The van der Waals surface area contributed by atoms with Gasteiger partial charge in [-0.05, 0) is 75.8 Å². The summed E-state index contributed by atoms with van der Waals surface area (Å²) in [5, 5.41) is 10.5. The molecule has 0 unspecified atom stereocenters. The van der Waals surface area contributed by atoms with E-state index in [0.717, 1.165) is 65.9 Å². The van der Waals surface area contributed by atoms with Gasteiger partial charge in [0.2, 0.25) is 0 Å². The lowest BCUT2D eigenvalue weighted by Gasteiger charge is -2.17. The maximum Gasteiger partial charge on any atom is 0.179 e. The molecule has 9 aromatic rings. The maximum atomic E-state index is 6.74. The van der Waals surface area contributed by atoms with Crippen molar-refractivity contribution in [2.24, 2.45) is 9.98 Å². The summed E-state index contributed by atoms with van der Waals surface area (Å²) in [6.07, 6.45) is 0. The van der Waals surface area contributed by atoms with Gasteiger partial charge in [-0.25, -0.2) is 4.99 Å². The van der Waals surface area contributed by atoms with Gasteiger partial charge in [0.1, 0.15) is 17.2 Å². The average Bonchev–Trinajstić information content (AvgIpc) is 3.80. The number of benzene rings is 8. The van der Waals surface area contributed by atoms with Crippen molar-refractivity contribution < 1.29 is 4.74 Å². The van der Waals surface area contributed by atoms with Gasteiger partial charge in [-0.3, -0.25) is 4.99 Å². The van der Waals surface area contributed by atoms with Gasteiger partial charge in [0.05, 0.1) is 10.4 Å². The van der Waals surface area contributed by atoms with Crippen LogP contribution in [0.3, 0.4) is 0 Å². The van der Waals surface area contributed by atoms with Crippen LogP contribution in [-0.4, -0.2) is 19.5 Å². The molecule has 0 atom stereocenters. The third kappa shape index (κ3) is 5.12. The van der Waals surface area contributed by atoms with Crippen molar-refractivity contribution in [2.45, 2.75) is 0 Å². The van der Waals surface area contributed by atoms with E-state index in [1.54, 1.807) is 11.3 Å². The van der Waals surface area contributed by atoms with Crippen molar-refractivity contribution in [3.8, 4) is 28.0 Å². The molecule has 0 bridgehead atoms. The molecule has 10 rings (SSSR count). The minimum atomic E-state index is 0.585. The lowest BCUT2D eigenvalue weighted by atomic mass is 9.92. The van der Waals surface area contributed by atoms with E-state index in [-0.39, 0.29) is 0 Å². The summed E-state index contributed by atoms with van der Waals surface area (Å²) >= 11 is 1.78. The number of nitrogens with zero attached hydrogens (tertiary/aromatic N) is 2. The van der Waals surface area contributed by atoms with E-state index in [4.69, 9.17) is 9.73 Å². The van der Waals surface area contributed by atoms with E-state index < -0.39 is 0 Å². The van der Waals surface area contributed by atoms with Crippen LogP contribution < -0.4 is 10.1 Å². The second-order valence-electron chi connectivity index (χ2n) is 13.4. The van der Waals surface area contributed by atoms with Crippen molar-refractivity contribution in [3.05, 3.63) is 181 Å². The first-order chi connectivity index (χ1) is 26.7. The van der Waals surface area contributed by atoms with Crippen LogP contribution in [0.25, 0.3) is 69.7 Å². The Balaban J connectivity index is 1.26. The van der Waals surface area contributed by atoms with Crippen LogP contribution in [0.4, 0.5) is 11.4 Å². The molecule has 1 aromatic heterocycles. The second-order valence-corrected chi connectivity index (χ2v) is 14.5. The van der Waals surface area contributed by atoms with Gasteiger partial charge in [0, 0.05) is 50.5 Å². The van der Waals surface area contributed by atoms with E-state index >= 15 is 0 Å². The number of aliphatic imine (C=N–C) groups is 2. The Kier molecular flexibility index (Phi) is 7.67. The molecule has 5 heteroatoms. The number of fused-ring (bicyclic) bond motifs is 7. The molecule has 0 fully saturated rings. The summed E-state index contributed by atoms with van der Waals surface area (Å²) in [7, 11) is 1.97.